The van der Waals surface area contributed by atoms with Crippen molar-refractivity contribution in [2.75, 3.05) is 13.2 Å². The van der Waals surface area contributed by atoms with Crippen LogP contribution in [0.1, 0.15) is 316 Å². The van der Waals surface area contributed by atoms with Crippen LogP contribution < -0.4 is 0 Å². The van der Waals surface area contributed by atoms with E-state index in [0.29, 0.717) is 19.3 Å². The van der Waals surface area contributed by atoms with Crippen LogP contribution >= 0.6 is 0 Å². The highest BCUT2D eigenvalue weighted by Gasteiger charge is 2.19. The van der Waals surface area contributed by atoms with Crippen LogP contribution in [0.5, 0.6) is 0 Å². The summed E-state index contributed by atoms with van der Waals surface area (Å²) in [4.78, 5) is 38.2. The minimum absolute atomic E-state index is 0.0891. The Labute approximate surface area is 453 Å². The van der Waals surface area contributed by atoms with Crippen LogP contribution in [-0.2, 0) is 28.6 Å². The second-order valence-corrected chi connectivity index (χ2v) is 20.9. The van der Waals surface area contributed by atoms with Crippen molar-refractivity contribution in [3.63, 3.8) is 0 Å². The van der Waals surface area contributed by atoms with Crippen molar-refractivity contribution in [2.45, 2.75) is 322 Å². The topological polar surface area (TPSA) is 78.9 Å². The lowest BCUT2D eigenvalue weighted by atomic mass is 10.0. The van der Waals surface area contributed by atoms with Gasteiger partial charge in [-0.25, -0.2) is 0 Å². The van der Waals surface area contributed by atoms with Crippen molar-refractivity contribution in [3.8, 4) is 0 Å². The van der Waals surface area contributed by atoms with Crippen molar-refractivity contribution >= 4 is 17.9 Å². The smallest absolute Gasteiger partial charge is 0.306 e. The fourth-order valence-corrected chi connectivity index (χ4v) is 9.00. The van der Waals surface area contributed by atoms with Crippen molar-refractivity contribution < 1.29 is 28.6 Å². The molecule has 0 aliphatic carbocycles. The van der Waals surface area contributed by atoms with Gasteiger partial charge >= 0.3 is 17.9 Å². The molecule has 0 radical (unpaired) electrons. The van der Waals surface area contributed by atoms with Gasteiger partial charge in [-0.2, -0.15) is 0 Å². The predicted octanol–water partition coefficient (Wildman–Crippen LogP) is 21.3. The number of unbranched alkanes of at least 4 members (excludes halogenated alkanes) is 34. The third-order valence-corrected chi connectivity index (χ3v) is 13.7. The number of hydrogen-bond donors (Lipinski definition) is 0. The summed E-state index contributed by atoms with van der Waals surface area (Å²) in [5.74, 6) is -0.918. The first kappa shape index (κ1) is 69.8. The highest BCUT2D eigenvalue weighted by molar-refractivity contribution is 5.71. The van der Waals surface area contributed by atoms with E-state index in [1.54, 1.807) is 0 Å². The summed E-state index contributed by atoms with van der Waals surface area (Å²) < 4.78 is 16.9. The predicted molar refractivity (Wildman–Crippen MR) is 316 cm³/mol. The van der Waals surface area contributed by atoms with Crippen LogP contribution in [-0.4, -0.2) is 37.2 Å². The van der Waals surface area contributed by atoms with E-state index >= 15 is 0 Å². The Morgan fingerprint density at radius 1 is 0.288 bits per heavy atom. The van der Waals surface area contributed by atoms with E-state index in [4.69, 9.17) is 14.2 Å². The molecule has 73 heavy (non-hydrogen) atoms. The lowest BCUT2D eigenvalue weighted by Gasteiger charge is -2.18. The molecule has 1 atom stereocenters. The lowest BCUT2D eigenvalue weighted by Crippen LogP contribution is -2.30. The van der Waals surface area contributed by atoms with Gasteiger partial charge in [-0.3, -0.25) is 14.4 Å². The van der Waals surface area contributed by atoms with Crippen LogP contribution in [0.15, 0.2) is 72.9 Å². The van der Waals surface area contributed by atoms with Gasteiger partial charge in [0, 0.05) is 19.3 Å². The Hall–Kier alpha value is -3.15. The molecule has 0 aliphatic rings. The molecule has 0 aromatic rings. The maximum Gasteiger partial charge on any atom is 0.306 e. The first-order chi connectivity index (χ1) is 36.0. The molecule has 0 aromatic heterocycles. The van der Waals surface area contributed by atoms with E-state index < -0.39 is 6.10 Å². The second-order valence-electron chi connectivity index (χ2n) is 20.9. The molecule has 6 heteroatoms. The largest absolute Gasteiger partial charge is 0.462 e. The maximum atomic E-state index is 12.9. The Bertz CT molecular complexity index is 1360. The number of carbonyl (C=O) groups excluding carboxylic acids is 3. The molecule has 422 valence electrons. The Morgan fingerprint density at radius 3 is 0.863 bits per heavy atom. The van der Waals surface area contributed by atoms with E-state index in [1.165, 1.54) is 186 Å². The summed E-state index contributed by atoms with van der Waals surface area (Å²) in [5.41, 5.74) is 0. The fourth-order valence-electron chi connectivity index (χ4n) is 9.00. The van der Waals surface area contributed by atoms with Gasteiger partial charge in [-0.05, 0) is 89.9 Å². The van der Waals surface area contributed by atoms with Gasteiger partial charge in [0.2, 0.25) is 0 Å². The molecule has 0 N–H and O–H groups in total. The van der Waals surface area contributed by atoms with Gasteiger partial charge < -0.3 is 14.2 Å². The number of esters is 3. The number of allylic oxidation sites excluding steroid dienone is 12. The SMILES string of the molecule is CC/C=C\C/C=C\C/C=C\C/C=C\CCCCC(=O)OC(COC(=O)CCCCCCCCCCCCCCC/C=C\C/C=C\CCCCCCC)COC(=O)CCCCCCCCCCCCCCCCC. The molecule has 0 spiro atoms. The molecule has 0 saturated carbocycles. The van der Waals surface area contributed by atoms with Crippen LogP contribution in [0.25, 0.3) is 0 Å². The van der Waals surface area contributed by atoms with Crippen LogP contribution in [0, 0.1) is 0 Å². The lowest BCUT2D eigenvalue weighted by molar-refractivity contribution is -0.167. The van der Waals surface area contributed by atoms with Gasteiger partial charge in [0.25, 0.3) is 0 Å². The molecule has 0 aliphatic heterocycles. The number of carbonyl (C=O) groups is 3. The summed E-state index contributed by atoms with van der Waals surface area (Å²) in [6.07, 6.45) is 79.1. The molecule has 0 rings (SSSR count). The molecule has 0 bridgehead atoms. The molecule has 0 heterocycles. The van der Waals surface area contributed by atoms with E-state index in [1.807, 2.05) is 0 Å². The Kier molecular flexibility index (Phi) is 58.7. The molecule has 0 saturated heterocycles. The third-order valence-electron chi connectivity index (χ3n) is 13.7. The zero-order chi connectivity index (χ0) is 52.9. The monoisotopic (exact) mass is 1020 g/mol. The molecular formula is C67H118O6. The third kappa shape index (κ3) is 59.6. The van der Waals surface area contributed by atoms with Crippen LogP contribution in [0.4, 0.5) is 0 Å². The normalized spacial score (nSPS) is 12.5. The minimum atomic E-state index is -0.796. The summed E-state index contributed by atoms with van der Waals surface area (Å²) >= 11 is 0. The first-order valence-electron chi connectivity index (χ1n) is 31.4. The first-order valence-corrected chi connectivity index (χ1v) is 31.4. The van der Waals surface area contributed by atoms with Gasteiger partial charge in [-0.15, -0.1) is 0 Å². The number of ether oxygens (including phenoxy) is 3. The van der Waals surface area contributed by atoms with E-state index in [9.17, 15) is 14.4 Å². The van der Waals surface area contributed by atoms with Crippen molar-refractivity contribution in [2.24, 2.45) is 0 Å². The zero-order valence-electron chi connectivity index (χ0n) is 48.4. The maximum absolute atomic E-state index is 12.9. The fraction of sp³-hybridized carbons (Fsp3) is 0.776. The quantitative estimate of drug-likeness (QED) is 0.0261. The highest BCUT2D eigenvalue weighted by Crippen LogP contribution is 2.17. The summed E-state index contributed by atoms with van der Waals surface area (Å²) in [7, 11) is 0. The van der Waals surface area contributed by atoms with Crippen LogP contribution in [0.3, 0.4) is 0 Å². The molecular weight excluding hydrogens is 901 g/mol. The number of rotatable bonds is 57. The molecule has 1 unspecified atom stereocenters. The number of hydrogen-bond acceptors (Lipinski definition) is 6. The molecule has 0 fully saturated rings. The average Bonchev–Trinajstić information content (AvgIpc) is 3.39. The van der Waals surface area contributed by atoms with Crippen molar-refractivity contribution in [1.82, 2.24) is 0 Å². The Balaban J connectivity index is 4.31. The van der Waals surface area contributed by atoms with Gasteiger partial charge in [0.05, 0.1) is 0 Å². The van der Waals surface area contributed by atoms with Gasteiger partial charge in [0.1, 0.15) is 13.2 Å². The van der Waals surface area contributed by atoms with E-state index in [0.717, 1.165) is 83.5 Å². The van der Waals surface area contributed by atoms with Crippen LogP contribution in [0.2, 0.25) is 0 Å². The van der Waals surface area contributed by atoms with Gasteiger partial charge in [0.15, 0.2) is 6.10 Å². The molecule has 0 aromatic carbocycles. The summed E-state index contributed by atoms with van der Waals surface area (Å²) in [6.45, 7) is 6.52. The molecule has 6 nitrogen and oxygen atoms in total. The van der Waals surface area contributed by atoms with Crippen molar-refractivity contribution in [1.29, 1.82) is 0 Å². The average molecular weight is 1020 g/mol. The standard InChI is InChI=1S/C67H118O6/c1-4-7-10-13-16-19-22-25-28-29-30-31-32-33-34-35-36-37-40-42-45-48-51-54-57-60-66(69)72-63-64(73-67(70)61-58-55-52-49-46-43-39-27-24-21-18-15-12-9-6-3)62-71-65(68)59-56-53-50-47-44-41-38-26-23-20-17-14-11-8-5-2/h9,12,18,21-22,25,27,29-30,39,46,49,64H,4-8,10-11,13-17,19-20,23-24,26,28,31-38,40-45,47-48,50-63H2,1-3H3/b12-9-,21-18-,25-22-,30-29-,39-27-,49-46-. The minimum Gasteiger partial charge on any atom is -0.462 e. The van der Waals surface area contributed by atoms with Gasteiger partial charge in [-0.1, -0.05) is 280 Å². The summed E-state index contributed by atoms with van der Waals surface area (Å²) in [6, 6.07) is 0. The highest BCUT2D eigenvalue weighted by atomic mass is 16.6. The van der Waals surface area contributed by atoms with E-state index in [2.05, 4.69) is 93.7 Å². The second kappa shape index (κ2) is 61.4. The summed E-state index contributed by atoms with van der Waals surface area (Å²) in [5, 5.41) is 0. The van der Waals surface area contributed by atoms with Crippen molar-refractivity contribution in [3.05, 3.63) is 72.9 Å². The Morgan fingerprint density at radius 2 is 0.534 bits per heavy atom. The zero-order valence-corrected chi connectivity index (χ0v) is 48.4. The van der Waals surface area contributed by atoms with E-state index in [-0.39, 0.29) is 37.5 Å². The molecule has 0 amide bonds.